The van der Waals surface area contributed by atoms with Crippen molar-refractivity contribution < 1.29 is 0 Å². The van der Waals surface area contributed by atoms with Crippen LogP contribution in [0.5, 0.6) is 0 Å². The third-order valence-electron chi connectivity index (χ3n) is 3.82. The van der Waals surface area contributed by atoms with Gasteiger partial charge in [0.05, 0.1) is 16.1 Å². The number of nitrogens with two attached hydrogens (primary N) is 1. The zero-order chi connectivity index (χ0) is 14.2. The van der Waals surface area contributed by atoms with E-state index in [4.69, 9.17) is 28.9 Å². The smallest absolute Gasteiger partial charge is 0.0595 e. The summed E-state index contributed by atoms with van der Waals surface area (Å²) >= 11 is 12.2. The van der Waals surface area contributed by atoms with Crippen molar-refractivity contribution >= 4 is 23.2 Å². The van der Waals surface area contributed by atoms with Gasteiger partial charge >= 0.3 is 0 Å². The maximum Gasteiger partial charge on any atom is 0.0595 e. The molecule has 1 aromatic rings. The van der Waals surface area contributed by atoms with Gasteiger partial charge in [0.2, 0.25) is 0 Å². The van der Waals surface area contributed by atoms with Crippen LogP contribution in [0.4, 0.5) is 0 Å². The number of hydrogen-bond acceptors (Lipinski definition) is 2. The van der Waals surface area contributed by atoms with Gasteiger partial charge in [-0.15, -0.1) is 0 Å². The molecular weight excluding hydrogens is 279 g/mol. The maximum atomic E-state index is 6.37. The molecule has 0 aliphatic carbocycles. The Hall–Kier alpha value is -0.280. The molecule has 4 heteroatoms. The van der Waals surface area contributed by atoms with Gasteiger partial charge < -0.3 is 5.73 Å². The Morgan fingerprint density at radius 2 is 1.89 bits per heavy atom. The van der Waals surface area contributed by atoms with E-state index in [1.54, 1.807) is 0 Å². The van der Waals surface area contributed by atoms with E-state index in [1.165, 1.54) is 0 Å². The Balaban J connectivity index is 2.39. The van der Waals surface area contributed by atoms with Crippen molar-refractivity contribution in [1.82, 2.24) is 4.90 Å². The van der Waals surface area contributed by atoms with Crippen LogP contribution in [-0.4, -0.2) is 23.0 Å². The molecule has 2 atom stereocenters. The Morgan fingerprint density at radius 1 is 1.21 bits per heavy atom. The molecule has 19 heavy (non-hydrogen) atoms. The summed E-state index contributed by atoms with van der Waals surface area (Å²) in [6.07, 6.45) is 2.20. The molecule has 2 N–H and O–H groups in total. The predicted octanol–water partition coefficient (Wildman–Crippen LogP) is 4.26. The molecule has 0 amide bonds. The average Bonchev–Trinajstić information content (AvgIpc) is 2.31. The van der Waals surface area contributed by atoms with Gasteiger partial charge in [-0.2, -0.15) is 0 Å². The first-order valence-electron chi connectivity index (χ1n) is 6.78. The molecule has 106 valence electrons. The highest BCUT2D eigenvalue weighted by atomic mass is 35.5. The number of hydrogen-bond donors (Lipinski definition) is 1. The molecule has 0 saturated carbocycles. The standard InChI is InChI=1S/C15H22Cl2N2/c1-15(2,3)19-8-4-5-13(18)14(19)10-6-7-11(16)12(17)9-10/h6-7,9,13-14H,4-5,8,18H2,1-3H3. The molecule has 1 fully saturated rings. The van der Waals surface area contributed by atoms with E-state index in [2.05, 4.69) is 25.7 Å². The molecule has 0 radical (unpaired) electrons. The first-order chi connectivity index (χ1) is 8.80. The number of nitrogens with zero attached hydrogens (tertiary/aromatic N) is 1. The summed E-state index contributed by atoms with van der Waals surface area (Å²) in [7, 11) is 0. The second-order valence-electron chi connectivity index (χ2n) is 6.29. The lowest BCUT2D eigenvalue weighted by atomic mass is 9.87. The molecule has 0 bridgehead atoms. The fourth-order valence-corrected chi connectivity index (χ4v) is 3.21. The molecule has 1 aliphatic heterocycles. The maximum absolute atomic E-state index is 6.37. The summed E-state index contributed by atoms with van der Waals surface area (Å²) in [6, 6.07) is 6.22. The van der Waals surface area contributed by atoms with Crippen LogP contribution in [0, 0.1) is 0 Å². The van der Waals surface area contributed by atoms with Crippen molar-refractivity contribution in [2.24, 2.45) is 5.73 Å². The summed E-state index contributed by atoms with van der Waals surface area (Å²) in [4.78, 5) is 2.47. The highest BCUT2D eigenvalue weighted by Crippen LogP contribution is 2.37. The summed E-state index contributed by atoms with van der Waals surface area (Å²) in [5, 5.41) is 1.20. The van der Waals surface area contributed by atoms with Gasteiger partial charge in [0.1, 0.15) is 0 Å². The van der Waals surface area contributed by atoms with Gasteiger partial charge in [0.25, 0.3) is 0 Å². The average molecular weight is 301 g/mol. The number of benzene rings is 1. The number of likely N-dealkylation sites (tertiary alicyclic amines) is 1. The molecule has 2 nitrogen and oxygen atoms in total. The van der Waals surface area contributed by atoms with Gasteiger partial charge in [-0.25, -0.2) is 0 Å². The summed E-state index contributed by atoms with van der Waals surface area (Å²) < 4.78 is 0. The fraction of sp³-hybridized carbons (Fsp3) is 0.600. The fourth-order valence-electron chi connectivity index (χ4n) is 2.90. The highest BCUT2D eigenvalue weighted by molar-refractivity contribution is 6.42. The van der Waals surface area contributed by atoms with Crippen LogP contribution in [0.2, 0.25) is 10.0 Å². The van der Waals surface area contributed by atoms with Crippen LogP contribution in [-0.2, 0) is 0 Å². The lowest BCUT2D eigenvalue weighted by Gasteiger charge is -2.47. The molecule has 1 aromatic carbocycles. The number of rotatable bonds is 1. The topological polar surface area (TPSA) is 29.3 Å². The van der Waals surface area contributed by atoms with E-state index in [1.807, 2.05) is 18.2 Å². The third kappa shape index (κ3) is 3.25. The lowest BCUT2D eigenvalue weighted by molar-refractivity contribution is 0.0384. The van der Waals surface area contributed by atoms with Crippen LogP contribution < -0.4 is 5.73 Å². The van der Waals surface area contributed by atoms with Crippen molar-refractivity contribution in [2.45, 2.75) is 51.2 Å². The van der Waals surface area contributed by atoms with Crippen molar-refractivity contribution in [3.63, 3.8) is 0 Å². The number of halogens is 2. The minimum absolute atomic E-state index is 0.0921. The van der Waals surface area contributed by atoms with Crippen LogP contribution in [0.1, 0.15) is 45.2 Å². The van der Waals surface area contributed by atoms with Gasteiger partial charge in [0, 0.05) is 11.6 Å². The lowest BCUT2D eigenvalue weighted by Crippen LogP contribution is -2.53. The van der Waals surface area contributed by atoms with E-state index in [0.29, 0.717) is 10.0 Å². The monoisotopic (exact) mass is 300 g/mol. The van der Waals surface area contributed by atoms with E-state index in [0.717, 1.165) is 24.9 Å². The minimum Gasteiger partial charge on any atom is -0.326 e. The molecule has 1 heterocycles. The normalized spacial score (nSPS) is 25.6. The Kier molecular flexibility index (Phi) is 4.46. The van der Waals surface area contributed by atoms with E-state index in [9.17, 15) is 0 Å². The Morgan fingerprint density at radius 3 is 2.47 bits per heavy atom. The van der Waals surface area contributed by atoms with E-state index < -0.39 is 0 Å². The van der Waals surface area contributed by atoms with Gasteiger partial charge in [0.15, 0.2) is 0 Å². The van der Waals surface area contributed by atoms with E-state index >= 15 is 0 Å². The predicted molar refractivity (Wildman–Crippen MR) is 82.9 cm³/mol. The SMILES string of the molecule is CC(C)(C)N1CCCC(N)C1c1ccc(Cl)c(Cl)c1. The molecule has 1 aliphatic rings. The van der Waals surface area contributed by atoms with Crippen LogP contribution in [0.3, 0.4) is 0 Å². The van der Waals surface area contributed by atoms with Gasteiger partial charge in [-0.1, -0.05) is 29.3 Å². The van der Waals surface area contributed by atoms with Crippen LogP contribution >= 0.6 is 23.2 Å². The molecular formula is C15H22Cl2N2. The molecule has 2 unspecified atom stereocenters. The van der Waals surface area contributed by atoms with Crippen molar-refractivity contribution in [1.29, 1.82) is 0 Å². The van der Waals surface area contributed by atoms with Crippen molar-refractivity contribution in [3.05, 3.63) is 33.8 Å². The van der Waals surface area contributed by atoms with Crippen LogP contribution in [0.25, 0.3) is 0 Å². The zero-order valence-corrected chi connectivity index (χ0v) is 13.3. The first-order valence-corrected chi connectivity index (χ1v) is 7.53. The van der Waals surface area contributed by atoms with Gasteiger partial charge in [-0.3, -0.25) is 4.90 Å². The molecule has 2 rings (SSSR count). The van der Waals surface area contributed by atoms with Gasteiger partial charge in [-0.05, 0) is 57.9 Å². The Labute approximate surface area is 125 Å². The zero-order valence-electron chi connectivity index (χ0n) is 11.8. The second-order valence-corrected chi connectivity index (χ2v) is 7.10. The van der Waals surface area contributed by atoms with E-state index in [-0.39, 0.29) is 17.6 Å². The quantitative estimate of drug-likeness (QED) is 0.840. The van der Waals surface area contributed by atoms with Crippen molar-refractivity contribution in [2.75, 3.05) is 6.54 Å². The highest BCUT2D eigenvalue weighted by Gasteiger charge is 2.36. The molecule has 0 spiro atoms. The summed E-state index contributed by atoms with van der Waals surface area (Å²) in [6.45, 7) is 7.77. The summed E-state index contributed by atoms with van der Waals surface area (Å²) in [5.74, 6) is 0. The summed E-state index contributed by atoms with van der Waals surface area (Å²) in [5.41, 5.74) is 7.62. The second kappa shape index (κ2) is 5.61. The molecule has 1 saturated heterocycles. The molecule has 0 aromatic heterocycles. The van der Waals surface area contributed by atoms with Crippen LogP contribution in [0.15, 0.2) is 18.2 Å². The number of piperidine rings is 1. The minimum atomic E-state index is 0.0921. The largest absolute Gasteiger partial charge is 0.326 e. The first kappa shape index (κ1) is 15.1. The third-order valence-corrected chi connectivity index (χ3v) is 4.56. The Bertz CT molecular complexity index is 454. The van der Waals surface area contributed by atoms with Crippen molar-refractivity contribution in [3.8, 4) is 0 Å².